The van der Waals surface area contributed by atoms with Crippen molar-refractivity contribution in [1.29, 1.82) is 0 Å². The summed E-state index contributed by atoms with van der Waals surface area (Å²) in [5.74, 6) is 1.18. The summed E-state index contributed by atoms with van der Waals surface area (Å²) in [5, 5.41) is 0. The molecule has 1 N–H and O–H groups in total. The SMILES string of the molecule is COc1ccc(C(C)C)cc1S(=O)(=O)Nc1ccc(OCc2ccccc2)cc1. The van der Waals surface area contributed by atoms with Crippen LogP contribution in [0.25, 0.3) is 0 Å². The molecule has 0 atom stereocenters. The van der Waals surface area contributed by atoms with E-state index in [0.717, 1.165) is 11.1 Å². The second-order valence-electron chi connectivity index (χ2n) is 6.97. The lowest BCUT2D eigenvalue weighted by molar-refractivity contribution is 0.306. The van der Waals surface area contributed by atoms with Crippen LogP contribution in [0.2, 0.25) is 0 Å². The third kappa shape index (κ3) is 5.29. The van der Waals surface area contributed by atoms with Crippen LogP contribution in [0.5, 0.6) is 11.5 Å². The van der Waals surface area contributed by atoms with Crippen molar-refractivity contribution < 1.29 is 17.9 Å². The van der Waals surface area contributed by atoms with E-state index < -0.39 is 10.0 Å². The van der Waals surface area contributed by atoms with Crippen LogP contribution in [-0.4, -0.2) is 15.5 Å². The van der Waals surface area contributed by atoms with E-state index in [1.807, 2.05) is 50.2 Å². The first-order valence-corrected chi connectivity index (χ1v) is 10.8. The Balaban J connectivity index is 1.74. The average Bonchev–Trinajstić information content (AvgIpc) is 2.73. The summed E-state index contributed by atoms with van der Waals surface area (Å²) in [4.78, 5) is 0.121. The molecule has 0 bridgehead atoms. The molecule has 6 heteroatoms. The molecule has 0 aliphatic heterocycles. The predicted molar refractivity (Wildman–Crippen MR) is 115 cm³/mol. The smallest absolute Gasteiger partial charge is 0.265 e. The van der Waals surface area contributed by atoms with Crippen LogP contribution >= 0.6 is 0 Å². The molecule has 0 aromatic heterocycles. The fourth-order valence-electron chi connectivity index (χ4n) is 2.83. The monoisotopic (exact) mass is 411 g/mol. The minimum absolute atomic E-state index is 0.121. The summed E-state index contributed by atoms with van der Waals surface area (Å²) >= 11 is 0. The Labute approximate surface area is 172 Å². The van der Waals surface area contributed by atoms with Gasteiger partial charge in [0.15, 0.2) is 0 Å². The number of hydrogen-bond acceptors (Lipinski definition) is 4. The average molecular weight is 412 g/mol. The van der Waals surface area contributed by atoms with Crippen LogP contribution in [0, 0.1) is 0 Å². The molecule has 0 aliphatic rings. The van der Waals surface area contributed by atoms with Gasteiger partial charge < -0.3 is 9.47 Å². The Kier molecular flexibility index (Phi) is 6.44. The quantitative estimate of drug-likeness (QED) is 0.553. The van der Waals surface area contributed by atoms with Crippen molar-refractivity contribution in [2.75, 3.05) is 11.8 Å². The first-order valence-electron chi connectivity index (χ1n) is 9.36. The van der Waals surface area contributed by atoms with E-state index in [1.165, 1.54) is 7.11 Å². The molecule has 3 rings (SSSR count). The lowest BCUT2D eigenvalue weighted by Gasteiger charge is -2.15. The highest BCUT2D eigenvalue weighted by Crippen LogP contribution is 2.30. The Bertz CT molecular complexity index is 1050. The Morgan fingerprint density at radius 3 is 2.24 bits per heavy atom. The number of anilines is 1. The third-order valence-corrected chi connectivity index (χ3v) is 5.90. The van der Waals surface area contributed by atoms with Gasteiger partial charge in [-0.05, 0) is 53.4 Å². The zero-order valence-corrected chi connectivity index (χ0v) is 17.6. The summed E-state index contributed by atoms with van der Waals surface area (Å²) in [6.45, 7) is 4.48. The summed E-state index contributed by atoms with van der Waals surface area (Å²) in [7, 11) is -2.34. The fraction of sp³-hybridized carbons (Fsp3) is 0.217. The van der Waals surface area contributed by atoms with E-state index in [1.54, 1.807) is 36.4 Å². The fourth-order valence-corrected chi connectivity index (χ4v) is 4.10. The highest BCUT2D eigenvalue weighted by molar-refractivity contribution is 7.92. The van der Waals surface area contributed by atoms with Crippen molar-refractivity contribution >= 4 is 15.7 Å². The van der Waals surface area contributed by atoms with Gasteiger partial charge in [0.2, 0.25) is 0 Å². The van der Waals surface area contributed by atoms with Gasteiger partial charge in [-0.2, -0.15) is 0 Å². The van der Waals surface area contributed by atoms with Gasteiger partial charge in [-0.3, -0.25) is 4.72 Å². The number of benzene rings is 3. The van der Waals surface area contributed by atoms with E-state index in [0.29, 0.717) is 23.8 Å². The van der Waals surface area contributed by atoms with Gasteiger partial charge >= 0.3 is 0 Å². The zero-order chi connectivity index (χ0) is 20.9. The van der Waals surface area contributed by atoms with Crippen LogP contribution in [0.3, 0.4) is 0 Å². The van der Waals surface area contributed by atoms with Crippen molar-refractivity contribution in [1.82, 2.24) is 0 Å². The predicted octanol–water partition coefficient (Wildman–Crippen LogP) is 5.20. The number of hydrogen-bond donors (Lipinski definition) is 1. The lowest BCUT2D eigenvalue weighted by Crippen LogP contribution is -2.14. The molecule has 0 spiro atoms. The topological polar surface area (TPSA) is 64.6 Å². The molecule has 29 heavy (non-hydrogen) atoms. The molecule has 0 radical (unpaired) electrons. The summed E-state index contributed by atoms with van der Waals surface area (Å²) in [6, 6.07) is 21.9. The number of sulfonamides is 1. The molecule has 0 aliphatic carbocycles. The molecule has 0 amide bonds. The normalized spacial score (nSPS) is 11.3. The third-order valence-electron chi connectivity index (χ3n) is 4.50. The van der Waals surface area contributed by atoms with E-state index in [2.05, 4.69) is 4.72 Å². The van der Waals surface area contributed by atoms with E-state index in [-0.39, 0.29) is 10.8 Å². The highest BCUT2D eigenvalue weighted by atomic mass is 32.2. The molecule has 0 heterocycles. The van der Waals surface area contributed by atoms with Gasteiger partial charge in [0.25, 0.3) is 10.0 Å². The summed E-state index contributed by atoms with van der Waals surface area (Å²) in [6.07, 6.45) is 0. The van der Waals surface area contributed by atoms with E-state index in [4.69, 9.17) is 9.47 Å². The largest absolute Gasteiger partial charge is 0.495 e. The lowest BCUT2D eigenvalue weighted by atomic mass is 10.0. The number of methoxy groups -OCH3 is 1. The molecular formula is C23H25NO4S. The minimum Gasteiger partial charge on any atom is -0.495 e. The van der Waals surface area contributed by atoms with Crippen molar-refractivity contribution in [2.24, 2.45) is 0 Å². The van der Waals surface area contributed by atoms with Crippen molar-refractivity contribution in [3.8, 4) is 11.5 Å². The van der Waals surface area contributed by atoms with Crippen LogP contribution in [0.4, 0.5) is 5.69 Å². The second kappa shape index (κ2) is 9.01. The Morgan fingerprint density at radius 2 is 1.62 bits per heavy atom. The van der Waals surface area contributed by atoms with Gasteiger partial charge in [0.1, 0.15) is 23.0 Å². The van der Waals surface area contributed by atoms with Gasteiger partial charge in [-0.1, -0.05) is 50.2 Å². The van der Waals surface area contributed by atoms with Crippen LogP contribution in [-0.2, 0) is 16.6 Å². The first kappa shape index (κ1) is 20.7. The van der Waals surface area contributed by atoms with Crippen molar-refractivity contribution in [3.63, 3.8) is 0 Å². The maximum atomic E-state index is 12.9. The number of ether oxygens (including phenoxy) is 2. The molecule has 5 nitrogen and oxygen atoms in total. The Hall–Kier alpha value is -2.99. The summed E-state index contributed by atoms with van der Waals surface area (Å²) in [5.41, 5.74) is 2.44. The molecule has 0 unspecified atom stereocenters. The molecule has 3 aromatic carbocycles. The molecule has 152 valence electrons. The van der Waals surface area contributed by atoms with Gasteiger partial charge in [-0.15, -0.1) is 0 Å². The second-order valence-corrected chi connectivity index (χ2v) is 8.62. The van der Waals surface area contributed by atoms with E-state index in [9.17, 15) is 8.42 Å². The maximum absolute atomic E-state index is 12.9. The van der Waals surface area contributed by atoms with Crippen molar-refractivity contribution in [2.45, 2.75) is 31.3 Å². The van der Waals surface area contributed by atoms with E-state index >= 15 is 0 Å². The number of nitrogens with one attached hydrogen (secondary N) is 1. The summed E-state index contributed by atoms with van der Waals surface area (Å²) < 4.78 is 39.5. The van der Waals surface area contributed by atoms with Crippen molar-refractivity contribution in [3.05, 3.63) is 83.9 Å². The maximum Gasteiger partial charge on any atom is 0.265 e. The van der Waals surface area contributed by atoms with Gasteiger partial charge in [-0.25, -0.2) is 8.42 Å². The zero-order valence-electron chi connectivity index (χ0n) is 16.8. The van der Waals surface area contributed by atoms with Crippen LogP contribution in [0.1, 0.15) is 30.9 Å². The van der Waals surface area contributed by atoms with Crippen LogP contribution < -0.4 is 14.2 Å². The standard InChI is InChI=1S/C23H25NO4S/c1-17(2)19-9-14-22(27-3)23(15-19)29(25,26)24-20-10-12-21(13-11-20)28-16-18-7-5-4-6-8-18/h4-15,17,24H,16H2,1-3H3. The number of rotatable bonds is 8. The molecule has 0 fully saturated rings. The molecule has 0 saturated carbocycles. The van der Waals surface area contributed by atoms with Gasteiger partial charge in [0, 0.05) is 5.69 Å². The highest BCUT2D eigenvalue weighted by Gasteiger charge is 2.21. The molecular weight excluding hydrogens is 386 g/mol. The first-order chi connectivity index (χ1) is 13.9. The van der Waals surface area contributed by atoms with Crippen LogP contribution in [0.15, 0.2) is 77.7 Å². The molecule has 3 aromatic rings. The minimum atomic E-state index is -3.80. The van der Waals surface area contributed by atoms with Gasteiger partial charge in [0.05, 0.1) is 7.11 Å². The Morgan fingerprint density at radius 1 is 0.931 bits per heavy atom. The molecule has 0 saturated heterocycles.